The molecule has 1 N–H and O–H groups in total. The molecule has 0 unspecified atom stereocenters. The number of nitrogens with one attached hydrogen (secondary N) is 1. The molecule has 0 bridgehead atoms. The molecule has 8 heteroatoms. The zero-order valence-electron chi connectivity index (χ0n) is 15.7. The van der Waals surface area contributed by atoms with E-state index in [1.807, 2.05) is 18.7 Å². The standard InChI is InChI=1S/C19H25N5O3/c1-13(2)19(26)24-11-7-15(8-12-24)21-16(25)3-4-17-22-18(23-27-17)14-5-9-20-10-6-14/h5-6,9-10,13,15H,3-4,7-8,11-12H2,1-2H3,(H,21,25). The minimum Gasteiger partial charge on any atom is -0.353 e. The summed E-state index contributed by atoms with van der Waals surface area (Å²) in [7, 11) is 0. The number of rotatable bonds is 6. The van der Waals surface area contributed by atoms with Gasteiger partial charge in [0, 0.05) is 55.8 Å². The number of carbonyl (C=O) groups excluding carboxylic acids is 2. The Bertz CT molecular complexity index is 767. The second-order valence-electron chi connectivity index (χ2n) is 7.07. The maximum atomic E-state index is 12.2. The summed E-state index contributed by atoms with van der Waals surface area (Å²) in [5, 5.41) is 6.98. The second kappa shape index (κ2) is 8.75. The van der Waals surface area contributed by atoms with Crippen molar-refractivity contribution in [2.24, 2.45) is 5.92 Å². The smallest absolute Gasteiger partial charge is 0.227 e. The predicted octanol–water partition coefficient (Wildman–Crippen LogP) is 1.83. The molecule has 0 saturated carbocycles. The van der Waals surface area contributed by atoms with Crippen molar-refractivity contribution in [2.75, 3.05) is 13.1 Å². The summed E-state index contributed by atoms with van der Waals surface area (Å²) < 4.78 is 5.22. The van der Waals surface area contributed by atoms with Crippen LogP contribution in [0.2, 0.25) is 0 Å². The van der Waals surface area contributed by atoms with E-state index in [1.165, 1.54) is 0 Å². The largest absolute Gasteiger partial charge is 0.353 e. The predicted molar refractivity (Wildman–Crippen MR) is 98.4 cm³/mol. The first kappa shape index (κ1) is 19.0. The quantitative estimate of drug-likeness (QED) is 0.831. The number of carbonyl (C=O) groups is 2. The molecule has 0 radical (unpaired) electrons. The van der Waals surface area contributed by atoms with Crippen molar-refractivity contribution in [2.45, 2.75) is 45.6 Å². The lowest BCUT2D eigenvalue weighted by molar-refractivity contribution is -0.135. The van der Waals surface area contributed by atoms with E-state index in [9.17, 15) is 9.59 Å². The molecule has 3 rings (SSSR count). The van der Waals surface area contributed by atoms with Crippen molar-refractivity contribution >= 4 is 11.8 Å². The highest BCUT2D eigenvalue weighted by atomic mass is 16.5. The minimum absolute atomic E-state index is 0.0163. The summed E-state index contributed by atoms with van der Waals surface area (Å²) in [5.74, 6) is 1.10. The summed E-state index contributed by atoms with van der Waals surface area (Å²) in [5.41, 5.74) is 0.826. The molecule has 2 aromatic heterocycles. The van der Waals surface area contributed by atoms with Gasteiger partial charge < -0.3 is 14.7 Å². The molecular formula is C19H25N5O3. The van der Waals surface area contributed by atoms with Gasteiger partial charge in [-0.25, -0.2) is 0 Å². The van der Waals surface area contributed by atoms with Crippen LogP contribution in [0, 0.1) is 5.92 Å². The van der Waals surface area contributed by atoms with Crippen LogP contribution in [-0.4, -0.2) is 51.0 Å². The highest BCUT2D eigenvalue weighted by Crippen LogP contribution is 2.16. The van der Waals surface area contributed by atoms with Gasteiger partial charge in [0.15, 0.2) is 0 Å². The molecule has 1 fully saturated rings. The van der Waals surface area contributed by atoms with E-state index in [0.29, 0.717) is 37.6 Å². The van der Waals surface area contributed by atoms with Gasteiger partial charge in [0.2, 0.25) is 23.5 Å². The number of aryl methyl sites for hydroxylation is 1. The highest BCUT2D eigenvalue weighted by Gasteiger charge is 2.25. The van der Waals surface area contributed by atoms with E-state index in [0.717, 1.165) is 18.4 Å². The molecule has 2 aromatic rings. The molecule has 0 spiro atoms. The monoisotopic (exact) mass is 371 g/mol. The van der Waals surface area contributed by atoms with Crippen LogP contribution in [0.3, 0.4) is 0 Å². The number of pyridine rings is 1. The molecule has 0 atom stereocenters. The molecule has 144 valence electrons. The third-order valence-electron chi connectivity index (χ3n) is 4.64. The molecular weight excluding hydrogens is 346 g/mol. The van der Waals surface area contributed by atoms with Gasteiger partial charge in [0.05, 0.1) is 0 Å². The fraction of sp³-hybridized carbons (Fsp3) is 0.526. The first-order chi connectivity index (χ1) is 13.0. The molecule has 0 aromatic carbocycles. The fourth-order valence-electron chi connectivity index (χ4n) is 3.10. The third kappa shape index (κ3) is 5.12. The van der Waals surface area contributed by atoms with Crippen LogP contribution in [-0.2, 0) is 16.0 Å². The van der Waals surface area contributed by atoms with E-state index in [1.54, 1.807) is 24.5 Å². The van der Waals surface area contributed by atoms with E-state index in [-0.39, 0.29) is 23.8 Å². The highest BCUT2D eigenvalue weighted by molar-refractivity contribution is 5.78. The van der Waals surface area contributed by atoms with Crippen LogP contribution >= 0.6 is 0 Å². The SMILES string of the molecule is CC(C)C(=O)N1CCC(NC(=O)CCc2nc(-c3ccncc3)no2)CC1. The van der Waals surface area contributed by atoms with E-state index in [2.05, 4.69) is 20.4 Å². The van der Waals surface area contributed by atoms with Crippen LogP contribution in [0.25, 0.3) is 11.4 Å². The minimum atomic E-state index is -0.0349. The number of piperidine rings is 1. The van der Waals surface area contributed by atoms with Crippen LogP contribution in [0.5, 0.6) is 0 Å². The number of likely N-dealkylation sites (tertiary alicyclic amines) is 1. The molecule has 1 aliphatic rings. The van der Waals surface area contributed by atoms with Crippen LogP contribution in [0.4, 0.5) is 0 Å². The Kier molecular flexibility index (Phi) is 6.16. The van der Waals surface area contributed by atoms with E-state index in [4.69, 9.17) is 4.52 Å². The van der Waals surface area contributed by atoms with Crippen LogP contribution in [0.1, 0.15) is 39.0 Å². The lowest BCUT2D eigenvalue weighted by Crippen LogP contribution is -2.47. The Balaban J connectivity index is 1.42. The number of aromatic nitrogens is 3. The third-order valence-corrected chi connectivity index (χ3v) is 4.64. The van der Waals surface area contributed by atoms with Crippen molar-refractivity contribution < 1.29 is 14.1 Å². The first-order valence-corrected chi connectivity index (χ1v) is 9.34. The zero-order valence-corrected chi connectivity index (χ0v) is 15.7. The van der Waals surface area contributed by atoms with Gasteiger partial charge in [0.1, 0.15) is 0 Å². The number of hydrogen-bond acceptors (Lipinski definition) is 6. The lowest BCUT2D eigenvalue weighted by atomic mass is 10.0. The molecule has 3 heterocycles. The average molecular weight is 371 g/mol. The maximum absolute atomic E-state index is 12.2. The van der Waals surface area contributed by atoms with Crippen LogP contribution in [0.15, 0.2) is 29.0 Å². The van der Waals surface area contributed by atoms with Gasteiger partial charge in [-0.05, 0) is 25.0 Å². The summed E-state index contributed by atoms with van der Waals surface area (Å²) >= 11 is 0. The van der Waals surface area contributed by atoms with Crippen molar-refractivity contribution in [1.29, 1.82) is 0 Å². The average Bonchev–Trinajstić information content (AvgIpc) is 3.16. The molecule has 2 amide bonds. The van der Waals surface area contributed by atoms with Gasteiger partial charge >= 0.3 is 0 Å². The van der Waals surface area contributed by atoms with Gasteiger partial charge in [-0.1, -0.05) is 19.0 Å². The summed E-state index contributed by atoms with van der Waals surface area (Å²) in [4.78, 5) is 34.3. The molecule has 8 nitrogen and oxygen atoms in total. The van der Waals surface area contributed by atoms with E-state index >= 15 is 0 Å². The maximum Gasteiger partial charge on any atom is 0.227 e. The normalized spacial score (nSPS) is 15.1. The molecule has 1 aliphatic heterocycles. The Morgan fingerprint density at radius 3 is 2.63 bits per heavy atom. The number of amides is 2. The lowest BCUT2D eigenvalue weighted by Gasteiger charge is -2.33. The topological polar surface area (TPSA) is 101 Å². The number of nitrogens with zero attached hydrogens (tertiary/aromatic N) is 4. The Morgan fingerprint density at radius 2 is 1.96 bits per heavy atom. The van der Waals surface area contributed by atoms with Crippen molar-refractivity contribution in [3.8, 4) is 11.4 Å². The Hall–Kier alpha value is -2.77. The van der Waals surface area contributed by atoms with Crippen LogP contribution < -0.4 is 5.32 Å². The van der Waals surface area contributed by atoms with Gasteiger partial charge in [0.25, 0.3) is 0 Å². The fourth-order valence-corrected chi connectivity index (χ4v) is 3.10. The zero-order chi connectivity index (χ0) is 19.2. The summed E-state index contributed by atoms with van der Waals surface area (Å²) in [6.45, 7) is 5.21. The van der Waals surface area contributed by atoms with Crippen molar-refractivity contribution in [3.63, 3.8) is 0 Å². The second-order valence-corrected chi connectivity index (χ2v) is 7.07. The van der Waals surface area contributed by atoms with Gasteiger partial charge in [-0.15, -0.1) is 0 Å². The van der Waals surface area contributed by atoms with E-state index < -0.39 is 0 Å². The van der Waals surface area contributed by atoms with Gasteiger partial charge in [-0.2, -0.15) is 4.98 Å². The summed E-state index contributed by atoms with van der Waals surface area (Å²) in [6.07, 6.45) is 5.60. The number of hydrogen-bond donors (Lipinski definition) is 1. The van der Waals surface area contributed by atoms with Crippen molar-refractivity contribution in [1.82, 2.24) is 25.3 Å². The Labute approximate surface area is 158 Å². The van der Waals surface area contributed by atoms with Gasteiger partial charge in [-0.3, -0.25) is 14.6 Å². The summed E-state index contributed by atoms with van der Waals surface area (Å²) in [6, 6.07) is 3.72. The molecule has 27 heavy (non-hydrogen) atoms. The van der Waals surface area contributed by atoms with Crippen molar-refractivity contribution in [3.05, 3.63) is 30.4 Å². The Morgan fingerprint density at radius 1 is 1.26 bits per heavy atom. The molecule has 0 aliphatic carbocycles. The first-order valence-electron chi connectivity index (χ1n) is 9.34. The molecule has 1 saturated heterocycles.